The zero-order chi connectivity index (χ0) is 32.7. The van der Waals surface area contributed by atoms with Crippen molar-refractivity contribution in [2.24, 2.45) is 0 Å². The number of amides is 2. The van der Waals surface area contributed by atoms with Gasteiger partial charge in [-0.3, -0.25) is 24.0 Å². The zero-order valence-electron chi connectivity index (χ0n) is 25.4. The van der Waals surface area contributed by atoms with Gasteiger partial charge in [-0.2, -0.15) is 0 Å². The number of sulfonamides is 1. The van der Waals surface area contributed by atoms with E-state index in [9.17, 15) is 32.5 Å². The number of carbonyl (C=O) groups is 2. The summed E-state index contributed by atoms with van der Waals surface area (Å²) in [5.74, 6) is -1.35. The van der Waals surface area contributed by atoms with E-state index < -0.39 is 55.7 Å². The summed E-state index contributed by atoms with van der Waals surface area (Å²) in [4.78, 5) is 39.2. The average Bonchev–Trinajstić information content (AvgIpc) is 3.03. The molecule has 45 heavy (non-hydrogen) atoms. The highest BCUT2D eigenvalue weighted by molar-refractivity contribution is 7.92. The summed E-state index contributed by atoms with van der Waals surface area (Å²) in [7, 11) is -3.12. The van der Waals surface area contributed by atoms with E-state index in [-0.39, 0.29) is 29.4 Å². The summed E-state index contributed by atoms with van der Waals surface area (Å²) < 4.78 is 48.9. The van der Waals surface area contributed by atoms with Crippen LogP contribution in [0.3, 0.4) is 0 Å². The van der Waals surface area contributed by atoms with Gasteiger partial charge in [0, 0.05) is 29.8 Å². The third-order valence-electron chi connectivity index (χ3n) is 8.02. The van der Waals surface area contributed by atoms with E-state index in [0.29, 0.717) is 5.75 Å². The summed E-state index contributed by atoms with van der Waals surface area (Å²) in [5.41, 5.74) is 0.0971. The fourth-order valence-corrected chi connectivity index (χ4v) is 6.75. The summed E-state index contributed by atoms with van der Waals surface area (Å²) >= 11 is 0. The van der Waals surface area contributed by atoms with Crippen molar-refractivity contribution in [1.82, 2.24) is 10.2 Å². The Balaban J connectivity index is 1.73. The second kappa shape index (κ2) is 14.5. The maximum atomic E-state index is 14.8. The molecule has 1 fully saturated rings. The lowest BCUT2D eigenvalue weighted by Crippen LogP contribution is -2.53. The van der Waals surface area contributed by atoms with Crippen LogP contribution in [0.4, 0.5) is 15.8 Å². The first kappa shape index (κ1) is 33.4. The lowest BCUT2D eigenvalue weighted by molar-refractivity contribution is -0.385. The molecule has 240 valence electrons. The molecule has 1 aliphatic carbocycles. The minimum absolute atomic E-state index is 0.0485. The second-order valence-corrected chi connectivity index (χ2v) is 12.9. The summed E-state index contributed by atoms with van der Waals surface area (Å²) in [6.07, 6.45) is 4.66. The van der Waals surface area contributed by atoms with Crippen molar-refractivity contribution < 1.29 is 32.1 Å². The Morgan fingerprint density at radius 3 is 2.36 bits per heavy atom. The largest absolute Gasteiger partial charge is 0.497 e. The van der Waals surface area contributed by atoms with E-state index in [1.165, 1.54) is 75.6 Å². The first-order valence-corrected chi connectivity index (χ1v) is 16.1. The van der Waals surface area contributed by atoms with Crippen LogP contribution in [-0.2, 0) is 26.2 Å². The Labute approximate surface area is 262 Å². The van der Waals surface area contributed by atoms with Gasteiger partial charge in [-0.1, -0.05) is 43.5 Å². The first-order valence-electron chi connectivity index (χ1n) is 14.7. The molecule has 1 saturated carbocycles. The number of rotatable bonds is 12. The normalized spacial score (nSPS) is 14.3. The van der Waals surface area contributed by atoms with E-state index in [1.54, 1.807) is 6.07 Å². The lowest BCUT2D eigenvalue weighted by Gasteiger charge is -2.33. The predicted octanol–water partition coefficient (Wildman–Crippen LogP) is 5.11. The van der Waals surface area contributed by atoms with Gasteiger partial charge in [0.05, 0.1) is 22.6 Å². The van der Waals surface area contributed by atoms with Crippen LogP contribution >= 0.6 is 0 Å². The Morgan fingerprint density at radius 1 is 1.07 bits per heavy atom. The molecule has 1 aliphatic rings. The number of aryl methyl sites for hydroxylation is 1. The molecule has 2 amide bonds. The van der Waals surface area contributed by atoms with Gasteiger partial charge in [0.2, 0.25) is 11.8 Å². The van der Waals surface area contributed by atoms with Gasteiger partial charge in [-0.25, -0.2) is 12.8 Å². The standard InChI is InChI=1S/C32H37FN4O7S/c1-22-13-18-28(19-30(22)37(40)41)45(42,43)36(26-14-16-27(44-3)17-15-26)21-31(38)35(20-24-9-7-8-12-29(24)33)23(2)32(39)34-25-10-5-4-6-11-25/h7-9,12-19,23,25H,4-6,10-11,20-21H2,1-3H3,(H,34,39). The minimum atomic E-state index is -4.56. The number of ether oxygens (including phenoxy) is 1. The van der Waals surface area contributed by atoms with Gasteiger partial charge >= 0.3 is 0 Å². The van der Waals surface area contributed by atoms with Gasteiger partial charge in [0.15, 0.2) is 0 Å². The first-order chi connectivity index (χ1) is 21.4. The molecule has 3 aromatic carbocycles. The number of methoxy groups -OCH3 is 1. The van der Waals surface area contributed by atoms with Gasteiger partial charge in [-0.15, -0.1) is 0 Å². The summed E-state index contributed by atoms with van der Waals surface area (Å²) in [6, 6.07) is 14.1. The molecule has 1 unspecified atom stereocenters. The number of hydrogen-bond donors (Lipinski definition) is 1. The number of nitrogens with zero attached hydrogens (tertiary/aromatic N) is 3. The zero-order valence-corrected chi connectivity index (χ0v) is 26.3. The molecule has 0 heterocycles. The summed E-state index contributed by atoms with van der Waals surface area (Å²) in [6.45, 7) is 1.94. The van der Waals surface area contributed by atoms with Crippen molar-refractivity contribution in [3.05, 3.63) is 93.8 Å². The van der Waals surface area contributed by atoms with Crippen LogP contribution in [-0.4, -0.2) is 55.8 Å². The van der Waals surface area contributed by atoms with Gasteiger partial charge in [0.25, 0.3) is 15.7 Å². The number of nitro benzene ring substituents is 1. The number of benzene rings is 3. The van der Waals surface area contributed by atoms with Crippen molar-refractivity contribution in [3.8, 4) is 5.75 Å². The van der Waals surface area contributed by atoms with Crippen LogP contribution in [0, 0.1) is 22.9 Å². The van der Waals surface area contributed by atoms with E-state index in [0.717, 1.165) is 47.4 Å². The maximum Gasteiger partial charge on any atom is 0.273 e. The molecule has 0 aliphatic heterocycles. The molecule has 0 aromatic heterocycles. The van der Waals surface area contributed by atoms with Crippen LogP contribution in [0.5, 0.6) is 5.75 Å². The molecular formula is C32H37FN4O7S. The SMILES string of the molecule is COc1ccc(N(CC(=O)N(Cc2ccccc2F)C(C)C(=O)NC2CCCCC2)S(=O)(=O)c2ccc(C)c([N+](=O)[O-])c2)cc1. The number of anilines is 1. The number of hydrogen-bond acceptors (Lipinski definition) is 7. The molecule has 13 heteroatoms. The second-order valence-electron chi connectivity index (χ2n) is 11.0. The molecule has 3 aromatic rings. The smallest absolute Gasteiger partial charge is 0.273 e. The topological polar surface area (TPSA) is 139 Å². The molecule has 0 spiro atoms. The number of carbonyl (C=O) groups excluding carboxylic acids is 2. The molecule has 0 saturated heterocycles. The van der Waals surface area contributed by atoms with Crippen molar-refractivity contribution in [2.45, 2.75) is 69.5 Å². The van der Waals surface area contributed by atoms with E-state index in [1.807, 2.05) is 0 Å². The highest BCUT2D eigenvalue weighted by Gasteiger charge is 2.34. The van der Waals surface area contributed by atoms with Crippen molar-refractivity contribution in [2.75, 3.05) is 18.0 Å². The molecule has 0 bridgehead atoms. The highest BCUT2D eigenvalue weighted by Crippen LogP contribution is 2.30. The fraction of sp³-hybridized carbons (Fsp3) is 0.375. The van der Waals surface area contributed by atoms with Crippen molar-refractivity contribution >= 4 is 33.2 Å². The number of halogens is 1. The number of nitro groups is 1. The maximum absolute atomic E-state index is 14.8. The Morgan fingerprint density at radius 2 is 1.73 bits per heavy atom. The molecule has 4 rings (SSSR count). The van der Waals surface area contributed by atoms with Crippen molar-refractivity contribution in [3.63, 3.8) is 0 Å². The quantitative estimate of drug-likeness (QED) is 0.214. The third kappa shape index (κ3) is 7.96. The van der Waals surface area contributed by atoms with Crippen molar-refractivity contribution in [1.29, 1.82) is 0 Å². The molecular weight excluding hydrogens is 603 g/mol. The predicted molar refractivity (Wildman–Crippen MR) is 167 cm³/mol. The Kier molecular flexibility index (Phi) is 10.8. The van der Waals surface area contributed by atoms with E-state index in [4.69, 9.17) is 4.74 Å². The Hall–Kier alpha value is -4.52. The van der Waals surface area contributed by atoms with Crippen LogP contribution in [0.1, 0.15) is 50.2 Å². The minimum Gasteiger partial charge on any atom is -0.497 e. The summed E-state index contributed by atoms with van der Waals surface area (Å²) in [5, 5.41) is 14.6. The Bertz CT molecular complexity index is 1640. The van der Waals surface area contributed by atoms with E-state index in [2.05, 4.69) is 5.32 Å². The van der Waals surface area contributed by atoms with Crippen LogP contribution < -0.4 is 14.4 Å². The van der Waals surface area contributed by atoms with Gasteiger partial charge in [0.1, 0.15) is 24.2 Å². The van der Waals surface area contributed by atoms with Crippen LogP contribution in [0.2, 0.25) is 0 Å². The third-order valence-corrected chi connectivity index (χ3v) is 9.79. The average molecular weight is 641 g/mol. The monoisotopic (exact) mass is 640 g/mol. The van der Waals surface area contributed by atoms with Crippen LogP contribution in [0.15, 0.2) is 71.6 Å². The molecule has 0 radical (unpaired) electrons. The van der Waals surface area contributed by atoms with Gasteiger partial charge in [-0.05, 0) is 63.1 Å². The molecule has 11 nitrogen and oxygen atoms in total. The van der Waals surface area contributed by atoms with Gasteiger partial charge < -0.3 is 15.0 Å². The van der Waals surface area contributed by atoms with Crippen LogP contribution in [0.25, 0.3) is 0 Å². The lowest BCUT2D eigenvalue weighted by atomic mass is 9.95. The molecule has 1 atom stereocenters. The molecule has 1 N–H and O–H groups in total. The number of nitrogens with one attached hydrogen (secondary N) is 1. The van der Waals surface area contributed by atoms with E-state index >= 15 is 0 Å². The highest BCUT2D eigenvalue weighted by atomic mass is 32.2. The fourth-order valence-electron chi connectivity index (χ4n) is 5.31.